The molecule has 0 saturated carbocycles. The van der Waals surface area contributed by atoms with Gasteiger partial charge in [0, 0.05) is 5.25 Å². The second kappa shape index (κ2) is 7.24. The van der Waals surface area contributed by atoms with E-state index in [9.17, 15) is 4.39 Å². The van der Waals surface area contributed by atoms with E-state index in [1.54, 1.807) is 23.9 Å². The van der Waals surface area contributed by atoms with Gasteiger partial charge < -0.3 is 0 Å². The van der Waals surface area contributed by atoms with Gasteiger partial charge in [-0.15, -0.1) is 5.10 Å². The number of halogens is 1. The standard InChI is InChI=1S/C18H16FN3S/c1-13(15-5-3-2-4-6-15)23-18-20-17(21-22-18)12-9-14-7-10-16(19)11-8-14/h2-13H,1H3,(H,20,21,22). The molecule has 3 nitrogen and oxygen atoms in total. The first-order chi connectivity index (χ1) is 11.2. The van der Waals surface area contributed by atoms with Crippen LogP contribution in [-0.2, 0) is 0 Å². The van der Waals surface area contributed by atoms with Crippen LogP contribution in [0.1, 0.15) is 29.1 Å². The first kappa shape index (κ1) is 15.5. The minimum atomic E-state index is -0.240. The largest absolute Gasteiger partial charge is 0.259 e. The topological polar surface area (TPSA) is 41.6 Å². The van der Waals surface area contributed by atoms with Gasteiger partial charge in [0.1, 0.15) is 11.6 Å². The van der Waals surface area contributed by atoms with Gasteiger partial charge in [-0.1, -0.05) is 60.3 Å². The predicted octanol–water partition coefficient (Wildman–Crippen LogP) is 4.97. The summed E-state index contributed by atoms with van der Waals surface area (Å²) >= 11 is 1.60. The molecule has 0 saturated heterocycles. The average Bonchev–Trinajstić information content (AvgIpc) is 3.02. The molecule has 3 aromatic rings. The molecule has 2 aromatic carbocycles. The lowest BCUT2D eigenvalue weighted by atomic mass is 10.2. The number of hydrogen-bond acceptors (Lipinski definition) is 3. The number of nitrogens with zero attached hydrogens (tertiary/aromatic N) is 2. The molecule has 1 heterocycles. The Hall–Kier alpha value is -2.40. The number of thioether (sulfide) groups is 1. The monoisotopic (exact) mass is 325 g/mol. The third-order valence-electron chi connectivity index (χ3n) is 3.34. The lowest BCUT2D eigenvalue weighted by molar-refractivity contribution is 0.628. The maximum absolute atomic E-state index is 12.9. The van der Waals surface area contributed by atoms with Crippen molar-refractivity contribution >= 4 is 23.9 Å². The average molecular weight is 325 g/mol. The van der Waals surface area contributed by atoms with E-state index in [1.165, 1.54) is 17.7 Å². The van der Waals surface area contributed by atoms with Crippen molar-refractivity contribution < 1.29 is 4.39 Å². The molecule has 0 radical (unpaired) electrons. The van der Waals surface area contributed by atoms with Gasteiger partial charge in [-0.05, 0) is 36.3 Å². The summed E-state index contributed by atoms with van der Waals surface area (Å²) in [5.74, 6) is 0.437. The van der Waals surface area contributed by atoms with Crippen LogP contribution in [0.5, 0.6) is 0 Å². The Kier molecular flexibility index (Phi) is 4.88. The lowest BCUT2D eigenvalue weighted by Crippen LogP contribution is -1.88. The van der Waals surface area contributed by atoms with E-state index >= 15 is 0 Å². The molecule has 1 N–H and O–H groups in total. The molecule has 0 aliphatic rings. The van der Waals surface area contributed by atoms with Crippen molar-refractivity contribution in [3.05, 3.63) is 77.4 Å². The SMILES string of the molecule is CC(Sc1n[nH]c(C=Cc2ccc(F)cc2)n1)c1ccccc1. The third-order valence-corrected chi connectivity index (χ3v) is 4.36. The van der Waals surface area contributed by atoms with Gasteiger partial charge in [0.2, 0.25) is 5.16 Å². The Morgan fingerprint density at radius 2 is 1.78 bits per heavy atom. The Morgan fingerprint density at radius 1 is 1.04 bits per heavy atom. The number of aromatic amines is 1. The fourth-order valence-corrected chi connectivity index (χ4v) is 2.94. The number of rotatable bonds is 5. The van der Waals surface area contributed by atoms with Gasteiger partial charge in [-0.3, -0.25) is 5.10 Å². The molecule has 0 aliphatic heterocycles. The van der Waals surface area contributed by atoms with E-state index in [1.807, 2.05) is 30.4 Å². The summed E-state index contributed by atoms with van der Waals surface area (Å²) < 4.78 is 12.9. The highest BCUT2D eigenvalue weighted by Gasteiger charge is 2.10. The zero-order valence-electron chi connectivity index (χ0n) is 12.6. The zero-order chi connectivity index (χ0) is 16.1. The fraction of sp³-hybridized carbons (Fsp3) is 0.111. The lowest BCUT2D eigenvalue weighted by Gasteiger charge is -2.07. The fourth-order valence-electron chi connectivity index (χ4n) is 2.08. The maximum atomic E-state index is 12.9. The van der Waals surface area contributed by atoms with Crippen LogP contribution in [0.2, 0.25) is 0 Å². The molecule has 23 heavy (non-hydrogen) atoms. The number of H-pyrrole nitrogens is 1. The van der Waals surface area contributed by atoms with E-state index in [4.69, 9.17) is 0 Å². The number of hydrogen-bond donors (Lipinski definition) is 1. The van der Waals surface area contributed by atoms with E-state index in [0.29, 0.717) is 11.0 Å². The summed E-state index contributed by atoms with van der Waals surface area (Å²) in [5.41, 5.74) is 2.15. The quantitative estimate of drug-likeness (QED) is 0.674. The van der Waals surface area contributed by atoms with Gasteiger partial charge >= 0.3 is 0 Å². The van der Waals surface area contributed by atoms with Crippen LogP contribution in [0.25, 0.3) is 12.2 Å². The molecule has 1 atom stereocenters. The van der Waals surface area contributed by atoms with Gasteiger partial charge in [-0.25, -0.2) is 9.37 Å². The molecule has 3 rings (SSSR count). The van der Waals surface area contributed by atoms with Crippen LogP contribution in [0.3, 0.4) is 0 Å². The summed E-state index contributed by atoms with van der Waals surface area (Å²) in [6.07, 6.45) is 3.70. The first-order valence-corrected chi connectivity index (χ1v) is 8.16. The summed E-state index contributed by atoms with van der Waals surface area (Å²) in [7, 11) is 0. The summed E-state index contributed by atoms with van der Waals surface area (Å²) in [6.45, 7) is 2.13. The van der Waals surface area contributed by atoms with Crippen LogP contribution in [-0.4, -0.2) is 15.2 Å². The molecule has 5 heteroatoms. The first-order valence-electron chi connectivity index (χ1n) is 7.28. The summed E-state index contributed by atoms with van der Waals surface area (Å²) in [5, 5.41) is 8.11. The van der Waals surface area contributed by atoms with Crippen LogP contribution in [0.4, 0.5) is 4.39 Å². The number of nitrogens with one attached hydrogen (secondary N) is 1. The van der Waals surface area contributed by atoms with Crippen molar-refractivity contribution in [3.8, 4) is 0 Å². The Balaban J connectivity index is 1.65. The van der Waals surface area contributed by atoms with Crippen LogP contribution < -0.4 is 0 Å². The van der Waals surface area contributed by atoms with Gasteiger partial charge in [0.25, 0.3) is 0 Å². The minimum absolute atomic E-state index is 0.240. The third kappa shape index (κ3) is 4.29. The molecule has 0 amide bonds. The highest BCUT2D eigenvalue weighted by atomic mass is 32.2. The predicted molar refractivity (Wildman–Crippen MR) is 92.4 cm³/mol. The van der Waals surface area contributed by atoms with Crippen LogP contribution in [0, 0.1) is 5.82 Å². The highest BCUT2D eigenvalue weighted by molar-refractivity contribution is 7.99. The molecule has 0 aliphatic carbocycles. The van der Waals surface area contributed by atoms with Gasteiger partial charge in [0.05, 0.1) is 0 Å². The van der Waals surface area contributed by atoms with Crippen molar-refractivity contribution in [2.45, 2.75) is 17.3 Å². The molecular weight excluding hydrogens is 309 g/mol. The number of aromatic nitrogens is 3. The Morgan fingerprint density at radius 3 is 2.52 bits per heavy atom. The minimum Gasteiger partial charge on any atom is -0.259 e. The van der Waals surface area contributed by atoms with Crippen LogP contribution >= 0.6 is 11.8 Å². The van der Waals surface area contributed by atoms with E-state index in [0.717, 1.165) is 5.56 Å². The van der Waals surface area contributed by atoms with Crippen molar-refractivity contribution in [1.82, 2.24) is 15.2 Å². The smallest absolute Gasteiger partial charge is 0.209 e. The van der Waals surface area contributed by atoms with E-state index in [2.05, 4.69) is 34.2 Å². The second-order valence-corrected chi connectivity index (χ2v) is 6.37. The van der Waals surface area contributed by atoms with E-state index in [-0.39, 0.29) is 11.1 Å². The highest BCUT2D eigenvalue weighted by Crippen LogP contribution is 2.32. The van der Waals surface area contributed by atoms with Crippen molar-refractivity contribution in [1.29, 1.82) is 0 Å². The van der Waals surface area contributed by atoms with Crippen molar-refractivity contribution in [3.63, 3.8) is 0 Å². The molecule has 0 bridgehead atoms. The summed E-state index contributed by atoms with van der Waals surface area (Å²) in [4.78, 5) is 4.44. The molecule has 1 unspecified atom stereocenters. The molecule has 1 aromatic heterocycles. The zero-order valence-corrected chi connectivity index (χ0v) is 13.4. The normalized spacial score (nSPS) is 12.6. The van der Waals surface area contributed by atoms with E-state index < -0.39 is 0 Å². The molecule has 0 fully saturated rings. The van der Waals surface area contributed by atoms with Crippen molar-refractivity contribution in [2.75, 3.05) is 0 Å². The molecular formula is C18H16FN3S. The summed E-state index contributed by atoms with van der Waals surface area (Å²) in [6, 6.07) is 16.6. The van der Waals surface area contributed by atoms with Gasteiger partial charge in [0.15, 0.2) is 0 Å². The molecule has 0 spiro atoms. The Labute approximate surface area is 138 Å². The van der Waals surface area contributed by atoms with Crippen LogP contribution in [0.15, 0.2) is 59.8 Å². The second-order valence-electron chi connectivity index (χ2n) is 5.06. The number of benzene rings is 2. The maximum Gasteiger partial charge on any atom is 0.209 e. The van der Waals surface area contributed by atoms with Gasteiger partial charge in [-0.2, -0.15) is 0 Å². The molecule has 116 valence electrons. The van der Waals surface area contributed by atoms with Crippen molar-refractivity contribution in [2.24, 2.45) is 0 Å². The Bertz CT molecular complexity index is 782.